The predicted octanol–water partition coefficient (Wildman–Crippen LogP) is 1.79. The van der Waals surface area contributed by atoms with Crippen molar-refractivity contribution in [2.45, 2.75) is 25.8 Å². The summed E-state index contributed by atoms with van der Waals surface area (Å²) in [5.74, 6) is 4.54. The number of hydrogen-bond donors (Lipinski definition) is 1. The Hall–Kier alpha value is -1.86. The molecular weight excluding hydrogens is 245 g/mol. The van der Waals surface area contributed by atoms with Crippen LogP contribution >= 0.6 is 0 Å². The van der Waals surface area contributed by atoms with Gasteiger partial charge in [0.05, 0.1) is 5.56 Å². The third-order valence-corrected chi connectivity index (χ3v) is 3.10. The number of aliphatic hydroxyl groups is 1. The fraction of sp³-hybridized carbons (Fsp3) is 0.400. The van der Waals surface area contributed by atoms with Crippen molar-refractivity contribution < 1.29 is 14.3 Å². The van der Waals surface area contributed by atoms with Gasteiger partial charge in [-0.1, -0.05) is 11.8 Å². The Balaban J connectivity index is 2.34. The van der Waals surface area contributed by atoms with Crippen LogP contribution in [0.25, 0.3) is 0 Å². The second-order valence-electron chi connectivity index (χ2n) is 4.47. The standard InChI is InChI=1S/C15H16FNO2/c1-2-17(13-6-7-13)15(19)14-8-5-12(16)10-11(14)4-3-9-18/h5,8,10,13,18H,2,6-7,9H2,1H3. The Morgan fingerprint density at radius 1 is 1.53 bits per heavy atom. The third-order valence-electron chi connectivity index (χ3n) is 3.10. The van der Waals surface area contributed by atoms with Gasteiger partial charge in [0, 0.05) is 18.2 Å². The Kier molecular flexibility index (Phi) is 4.18. The number of aliphatic hydroxyl groups excluding tert-OH is 1. The van der Waals surface area contributed by atoms with Gasteiger partial charge >= 0.3 is 0 Å². The first kappa shape index (κ1) is 13.6. The molecule has 1 saturated carbocycles. The molecule has 0 spiro atoms. The lowest BCUT2D eigenvalue weighted by Gasteiger charge is -2.21. The van der Waals surface area contributed by atoms with Crippen LogP contribution in [-0.4, -0.2) is 35.1 Å². The molecule has 0 aliphatic heterocycles. The second-order valence-corrected chi connectivity index (χ2v) is 4.47. The van der Waals surface area contributed by atoms with Crippen molar-refractivity contribution in [3.05, 3.63) is 35.1 Å². The number of benzene rings is 1. The molecule has 0 aromatic heterocycles. The fourth-order valence-corrected chi connectivity index (χ4v) is 2.05. The Morgan fingerprint density at radius 3 is 2.84 bits per heavy atom. The number of amides is 1. The molecule has 100 valence electrons. The highest BCUT2D eigenvalue weighted by atomic mass is 19.1. The summed E-state index contributed by atoms with van der Waals surface area (Å²) >= 11 is 0. The van der Waals surface area contributed by atoms with E-state index >= 15 is 0 Å². The van der Waals surface area contributed by atoms with Gasteiger partial charge in [0.2, 0.25) is 0 Å². The molecular formula is C15H16FNO2. The molecule has 0 unspecified atom stereocenters. The van der Waals surface area contributed by atoms with E-state index in [1.807, 2.05) is 6.92 Å². The number of hydrogen-bond acceptors (Lipinski definition) is 2. The molecule has 1 aliphatic carbocycles. The molecule has 1 aliphatic rings. The van der Waals surface area contributed by atoms with Gasteiger partial charge in [-0.15, -0.1) is 0 Å². The second kappa shape index (κ2) is 5.85. The van der Waals surface area contributed by atoms with Crippen molar-refractivity contribution in [1.29, 1.82) is 0 Å². The Morgan fingerprint density at radius 2 is 2.26 bits per heavy atom. The average molecular weight is 261 g/mol. The fourth-order valence-electron chi connectivity index (χ4n) is 2.05. The number of rotatable bonds is 3. The molecule has 0 saturated heterocycles. The number of halogens is 1. The van der Waals surface area contributed by atoms with Crippen LogP contribution < -0.4 is 0 Å². The van der Waals surface area contributed by atoms with Crippen molar-refractivity contribution in [2.75, 3.05) is 13.2 Å². The molecule has 0 heterocycles. The van der Waals surface area contributed by atoms with E-state index in [9.17, 15) is 9.18 Å². The van der Waals surface area contributed by atoms with Crippen molar-refractivity contribution in [3.8, 4) is 11.8 Å². The largest absolute Gasteiger partial charge is 0.384 e. The highest BCUT2D eigenvalue weighted by molar-refractivity contribution is 5.97. The molecule has 1 aromatic rings. The van der Waals surface area contributed by atoms with Crippen molar-refractivity contribution in [2.24, 2.45) is 0 Å². The van der Waals surface area contributed by atoms with E-state index in [1.165, 1.54) is 18.2 Å². The first-order valence-electron chi connectivity index (χ1n) is 6.37. The minimum atomic E-state index is -0.437. The van der Waals surface area contributed by atoms with E-state index < -0.39 is 5.82 Å². The molecule has 19 heavy (non-hydrogen) atoms. The average Bonchev–Trinajstić information content (AvgIpc) is 3.21. The van der Waals surface area contributed by atoms with Crippen LogP contribution in [-0.2, 0) is 0 Å². The lowest BCUT2D eigenvalue weighted by atomic mass is 10.1. The van der Waals surface area contributed by atoms with Gasteiger partial charge in [-0.2, -0.15) is 0 Å². The molecule has 1 aromatic carbocycles. The normalized spacial score (nSPS) is 13.6. The van der Waals surface area contributed by atoms with Crippen LogP contribution in [0.5, 0.6) is 0 Å². The zero-order valence-corrected chi connectivity index (χ0v) is 10.8. The van der Waals surface area contributed by atoms with Crippen LogP contribution in [0.2, 0.25) is 0 Å². The van der Waals surface area contributed by atoms with E-state index in [2.05, 4.69) is 11.8 Å². The van der Waals surface area contributed by atoms with Crippen LogP contribution in [0.1, 0.15) is 35.7 Å². The zero-order valence-electron chi connectivity index (χ0n) is 10.8. The minimum absolute atomic E-state index is 0.118. The summed E-state index contributed by atoms with van der Waals surface area (Å²) in [6.07, 6.45) is 2.05. The molecule has 4 heteroatoms. The van der Waals surface area contributed by atoms with E-state index in [1.54, 1.807) is 4.90 Å². The SMILES string of the molecule is CCN(C(=O)c1ccc(F)cc1C#CCO)C1CC1. The lowest BCUT2D eigenvalue weighted by molar-refractivity contribution is 0.0752. The maximum atomic E-state index is 13.2. The molecule has 1 N–H and O–H groups in total. The first-order chi connectivity index (χ1) is 9.17. The number of carbonyl (C=O) groups is 1. The van der Waals surface area contributed by atoms with Gasteiger partial charge < -0.3 is 10.0 Å². The first-order valence-corrected chi connectivity index (χ1v) is 6.37. The Labute approximate surface area is 112 Å². The summed E-state index contributed by atoms with van der Waals surface area (Å²) in [5, 5.41) is 8.72. The summed E-state index contributed by atoms with van der Waals surface area (Å²) in [7, 11) is 0. The molecule has 3 nitrogen and oxygen atoms in total. The minimum Gasteiger partial charge on any atom is -0.384 e. The van der Waals surface area contributed by atoms with Crippen LogP contribution in [0.15, 0.2) is 18.2 Å². The van der Waals surface area contributed by atoms with E-state index in [0.29, 0.717) is 23.7 Å². The number of carbonyl (C=O) groups excluding carboxylic acids is 1. The van der Waals surface area contributed by atoms with E-state index in [4.69, 9.17) is 5.11 Å². The highest BCUT2D eigenvalue weighted by Crippen LogP contribution is 2.28. The van der Waals surface area contributed by atoms with Crippen molar-refractivity contribution >= 4 is 5.91 Å². The lowest BCUT2D eigenvalue weighted by Crippen LogP contribution is -2.33. The summed E-state index contributed by atoms with van der Waals surface area (Å²) in [4.78, 5) is 14.2. The molecule has 0 atom stereocenters. The summed E-state index contributed by atoms with van der Waals surface area (Å²) in [6.45, 7) is 2.25. The van der Waals surface area contributed by atoms with Gasteiger partial charge in [0.15, 0.2) is 0 Å². The van der Waals surface area contributed by atoms with Gasteiger partial charge in [-0.05, 0) is 38.0 Å². The summed E-state index contributed by atoms with van der Waals surface area (Å²) in [6, 6.07) is 4.26. The summed E-state index contributed by atoms with van der Waals surface area (Å²) in [5.41, 5.74) is 0.731. The van der Waals surface area contributed by atoms with Crippen LogP contribution in [0, 0.1) is 17.7 Å². The van der Waals surface area contributed by atoms with Crippen LogP contribution in [0.4, 0.5) is 4.39 Å². The molecule has 1 amide bonds. The monoisotopic (exact) mass is 261 g/mol. The number of nitrogens with zero attached hydrogens (tertiary/aromatic N) is 1. The van der Waals surface area contributed by atoms with Crippen LogP contribution in [0.3, 0.4) is 0 Å². The molecule has 0 radical (unpaired) electrons. The highest BCUT2D eigenvalue weighted by Gasteiger charge is 2.32. The van der Waals surface area contributed by atoms with Gasteiger partial charge in [-0.3, -0.25) is 4.79 Å². The van der Waals surface area contributed by atoms with Gasteiger partial charge in [0.1, 0.15) is 12.4 Å². The smallest absolute Gasteiger partial charge is 0.255 e. The topological polar surface area (TPSA) is 40.5 Å². The van der Waals surface area contributed by atoms with Gasteiger partial charge in [0.25, 0.3) is 5.91 Å². The molecule has 1 fully saturated rings. The quantitative estimate of drug-likeness (QED) is 0.843. The maximum Gasteiger partial charge on any atom is 0.255 e. The van der Waals surface area contributed by atoms with Gasteiger partial charge in [-0.25, -0.2) is 4.39 Å². The van der Waals surface area contributed by atoms with E-state index in [0.717, 1.165) is 12.8 Å². The Bertz CT molecular complexity index is 541. The van der Waals surface area contributed by atoms with Crippen molar-refractivity contribution in [1.82, 2.24) is 4.90 Å². The summed E-state index contributed by atoms with van der Waals surface area (Å²) < 4.78 is 13.2. The molecule has 0 bridgehead atoms. The van der Waals surface area contributed by atoms with Crippen molar-refractivity contribution in [3.63, 3.8) is 0 Å². The predicted molar refractivity (Wildman–Crippen MR) is 70.1 cm³/mol. The molecule has 2 rings (SSSR count). The zero-order chi connectivity index (χ0) is 13.8. The maximum absolute atomic E-state index is 13.2. The van der Waals surface area contributed by atoms with E-state index in [-0.39, 0.29) is 12.5 Å². The third kappa shape index (κ3) is 3.12.